The minimum absolute atomic E-state index is 0.0936. The van der Waals surface area contributed by atoms with Crippen molar-refractivity contribution < 1.29 is 23.1 Å². The number of esters is 1. The molecule has 0 amide bonds. The molecule has 0 aliphatic carbocycles. The van der Waals surface area contributed by atoms with Gasteiger partial charge in [0.25, 0.3) is 0 Å². The molecule has 0 bridgehead atoms. The Morgan fingerprint density at radius 2 is 1.93 bits per heavy atom. The Morgan fingerprint density at radius 1 is 1.23 bits per heavy atom. The van der Waals surface area contributed by atoms with E-state index in [1.807, 2.05) is 0 Å². The number of carbonyl (C=O) groups is 1. The Bertz CT molecular complexity index is 1200. The molecule has 0 fully saturated rings. The molecule has 0 saturated carbocycles. The van der Waals surface area contributed by atoms with E-state index in [9.17, 15) is 18.3 Å². The molecule has 0 aliphatic rings. The third-order valence-corrected chi connectivity index (χ3v) is 5.87. The highest BCUT2D eigenvalue weighted by Crippen LogP contribution is 2.28. The van der Waals surface area contributed by atoms with Crippen molar-refractivity contribution >= 4 is 38.8 Å². The predicted molar refractivity (Wildman–Crippen MR) is 115 cm³/mol. The molecular weight excluding hydrogens is 406 g/mol. The number of benzene rings is 2. The molecule has 3 rings (SSSR count). The van der Waals surface area contributed by atoms with Gasteiger partial charge >= 0.3 is 5.97 Å². The fraction of sp³-hybridized carbons (Fsp3) is 0.238. The lowest BCUT2D eigenvalue weighted by molar-refractivity contribution is 0.0526. The second-order valence-electron chi connectivity index (χ2n) is 6.90. The summed E-state index contributed by atoms with van der Waals surface area (Å²) in [5, 5.41) is 10.8. The quantitative estimate of drug-likeness (QED) is 0.392. The first-order chi connectivity index (χ1) is 14.2. The van der Waals surface area contributed by atoms with Gasteiger partial charge in [-0.2, -0.15) is 0 Å². The van der Waals surface area contributed by atoms with E-state index in [-0.39, 0.29) is 16.8 Å². The topological polar surface area (TPSA) is 121 Å². The number of aromatic amines is 1. The smallest absolute Gasteiger partial charge is 0.338 e. The summed E-state index contributed by atoms with van der Waals surface area (Å²) >= 11 is 0. The van der Waals surface area contributed by atoms with Gasteiger partial charge in [0.05, 0.1) is 28.3 Å². The normalized spacial score (nSPS) is 12.1. The van der Waals surface area contributed by atoms with Gasteiger partial charge in [0.2, 0.25) is 10.0 Å². The monoisotopic (exact) mass is 429 g/mol. The van der Waals surface area contributed by atoms with Crippen molar-refractivity contribution in [3.8, 4) is 5.88 Å². The third kappa shape index (κ3) is 4.69. The van der Waals surface area contributed by atoms with E-state index in [4.69, 9.17) is 4.74 Å². The maximum atomic E-state index is 12.5. The van der Waals surface area contributed by atoms with Crippen molar-refractivity contribution in [3.05, 3.63) is 53.6 Å². The zero-order valence-electron chi connectivity index (χ0n) is 16.8. The zero-order valence-corrected chi connectivity index (χ0v) is 17.7. The molecule has 1 aromatic heterocycles. The lowest BCUT2D eigenvalue weighted by Gasteiger charge is -2.09. The maximum absolute atomic E-state index is 12.5. The highest BCUT2D eigenvalue weighted by Gasteiger charge is 2.18. The van der Waals surface area contributed by atoms with Crippen LogP contribution in [0.15, 0.2) is 52.4 Å². The fourth-order valence-electron chi connectivity index (χ4n) is 2.89. The largest absolute Gasteiger partial charge is 0.494 e. The summed E-state index contributed by atoms with van der Waals surface area (Å²) < 4.78 is 32.4. The molecule has 158 valence electrons. The van der Waals surface area contributed by atoms with Crippen molar-refractivity contribution in [2.75, 3.05) is 6.61 Å². The summed E-state index contributed by atoms with van der Waals surface area (Å²) in [6, 6.07) is 10.8. The highest BCUT2D eigenvalue weighted by molar-refractivity contribution is 7.89. The standard InChI is InChI=1S/C21H23N3O5S/c1-4-29-21(26)14-5-7-15(8-6-14)22-12-18-17-11-16(30(27,28)24-13(2)3)9-10-19(17)23-20(18)25/h5-13,23-25H,4H2,1-3H3. The van der Waals surface area contributed by atoms with Crippen LogP contribution in [0.3, 0.4) is 0 Å². The molecule has 9 heteroatoms. The van der Waals surface area contributed by atoms with Crippen molar-refractivity contribution in [2.24, 2.45) is 4.99 Å². The summed E-state index contributed by atoms with van der Waals surface area (Å²) in [5.74, 6) is -0.533. The minimum Gasteiger partial charge on any atom is -0.494 e. The minimum atomic E-state index is -3.68. The summed E-state index contributed by atoms with van der Waals surface area (Å²) in [7, 11) is -3.68. The van der Waals surface area contributed by atoms with Crippen molar-refractivity contribution in [3.63, 3.8) is 0 Å². The maximum Gasteiger partial charge on any atom is 0.338 e. The number of fused-ring (bicyclic) bond motifs is 1. The molecule has 3 aromatic rings. The molecule has 3 N–H and O–H groups in total. The van der Waals surface area contributed by atoms with Gasteiger partial charge in [-0.15, -0.1) is 0 Å². The molecule has 0 saturated heterocycles. The van der Waals surface area contributed by atoms with Gasteiger partial charge in [-0.1, -0.05) is 0 Å². The first kappa shape index (κ1) is 21.5. The zero-order chi connectivity index (χ0) is 21.9. The van der Waals surface area contributed by atoms with E-state index in [1.54, 1.807) is 51.1 Å². The van der Waals surface area contributed by atoms with Crippen molar-refractivity contribution in [2.45, 2.75) is 31.7 Å². The molecule has 0 unspecified atom stereocenters. The molecule has 0 radical (unpaired) electrons. The number of nitrogens with zero attached hydrogens (tertiary/aromatic N) is 1. The summed E-state index contributed by atoms with van der Waals surface area (Å²) in [6.45, 7) is 5.51. The molecule has 1 heterocycles. The number of aliphatic imine (C=N–C) groups is 1. The number of aromatic hydroxyl groups is 1. The number of sulfonamides is 1. The van der Waals surface area contributed by atoms with Crippen LogP contribution in [-0.2, 0) is 14.8 Å². The number of hydrogen-bond donors (Lipinski definition) is 3. The van der Waals surface area contributed by atoms with Crippen LogP contribution < -0.4 is 4.72 Å². The Labute approximate surface area is 174 Å². The van der Waals surface area contributed by atoms with Gasteiger partial charge in [0.15, 0.2) is 5.88 Å². The number of H-pyrrole nitrogens is 1. The van der Waals surface area contributed by atoms with Gasteiger partial charge in [0, 0.05) is 23.2 Å². The van der Waals surface area contributed by atoms with Crippen molar-refractivity contribution in [1.29, 1.82) is 0 Å². The highest BCUT2D eigenvalue weighted by atomic mass is 32.2. The van der Waals surface area contributed by atoms with E-state index >= 15 is 0 Å². The van der Waals surface area contributed by atoms with Gasteiger partial charge in [-0.25, -0.2) is 17.9 Å². The molecule has 2 aromatic carbocycles. The second-order valence-corrected chi connectivity index (χ2v) is 8.61. The molecule has 8 nitrogen and oxygen atoms in total. The number of ether oxygens (including phenoxy) is 1. The first-order valence-corrected chi connectivity index (χ1v) is 10.9. The number of nitrogens with one attached hydrogen (secondary N) is 2. The van der Waals surface area contributed by atoms with Crippen LogP contribution in [0.1, 0.15) is 36.7 Å². The predicted octanol–water partition coefficient (Wildman–Crippen LogP) is 3.49. The summed E-state index contributed by atoms with van der Waals surface area (Å²) in [6.07, 6.45) is 1.44. The van der Waals surface area contributed by atoms with Crippen LogP contribution in [0.4, 0.5) is 5.69 Å². The number of rotatable bonds is 7. The SMILES string of the molecule is CCOC(=O)c1ccc(N=Cc2c(O)[nH]c3ccc(S(=O)(=O)NC(C)C)cc23)cc1. The van der Waals surface area contributed by atoms with E-state index in [1.165, 1.54) is 18.3 Å². The Kier molecular flexibility index (Phi) is 6.23. The van der Waals surface area contributed by atoms with Crippen LogP contribution in [0.5, 0.6) is 5.88 Å². The Hall–Kier alpha value is -3.17. The van der Waals surface area contributed by atoms with E-state index < -0.39 is 16.0 Å². The number of aromatic nitrogens is 1. The van der Waals surface area contributed by atoms with Crippen LogP contribution in [0.2, 0.25) is 0 Å². The van der Waals surface area contributed by atoms with Gasteiger partial charge < -0.3 is 14.8 Å². The van der Waals surface area contributed by atoms with Crippen LogP contribution in [-0.4, -0.2) is 43.3 Å². The lowest BCUT2D eigenvalue weighted by Crippen LogP contribution is -2.30. The molecule has 30 heavy (non-hydrogen) atoms. The Balaban J connectivity index is 1.93. The first-order valence-electron chi connectivity index (χ1n) is 9.39. The average molecular weight is 429 g/mol. The summed E-state index contributed by atoms with van der Waals surface area (Å²) in [4.78, 5) is 18.9. The molecule has 0 aliphatic heterocycles. The van der Waals surface area contributed by atoms with Gasteiger partial charge in [-0.05, 0) is 63.2 Å². The lowest BCUT2D eigenvalue weighted by atomic mass is 10.2. The molecule has 0 spiro atoms. The summed E-state index contributed by atoms with van der Waals surface area (Å²) in [5.41, 5.74) is 1.91. The molecular formula is C21H23N3O5S. The van der Waals surface area contributed by atoms with Crippen LogP contribution in [0, 0.1) is 0 Å². The van der Waals surface area contributed by atoms with Crippen LogP contribution >= 0.6 is 0 Å². The van der Waals surface area contributed by atoms with Crippen molar-refractivity contribution in [1.82, 2.24) is 9.71 Å². The average Bonchev–Trinajstić information content (AvgIpc) is 3.00. The van der Waals surface area contributed by atoms with E-state index in [0.717, 1.165) is 0 Å². The van der Waals surface area contributed by atoms with Gasteiger partial charge in [0.1, 0.15) is 0 Å². The van der Waals surface area contributed by atoms with E-state index in [2.05, 4.69) is 14.7 Å². The number of hydrogen-bond acceptors (Lipinski definition) is 6. The van der Waals surface area contributed by atoms with E-state index in [0.29, 0.717) is 34.3 Å². The molecule has 0 atom stereocenters. The fourth-order valence-corrected chi connectivity index (χ4v) is 4.17. The Morgan fingerprint density at radius 3 is 2.57 bits per heavy atom. The van der Waals surface area contributed by atoms with Crippen LogP contribution in [0.25, 0.3) is 10.9 Å². The third-order valence-electron chi connectivity index (χ3n) is 4.21. The van der Waals surface area contributed by atoms with Gasteiger partial charge in [-0.3, -0.25) is 4.99 Å². The second kappa shape index (κ2) is 8.68. The number of carbonyl (C=O) groups excluding carboxylic acids is 1.